The number of anilines is 1. The topological polar surface area (TPSA) is 61.4 Å². The zero-order valence-electron chi connectivity index (χ0n) is 14.0. The van der Waals surface area contributed by atoms with Crippen molar-refractivity contribution in [1.29, 1.82) is 0 Å². The summed E-state index contributed by atoms with van der Waals surface area (Å²) in [6, 6.07) is 11.1. The van der Waals surface area contributed by atoms with Crippen LogP contribution in [0.25, 0.3) is 0 Å². The minimum atomic E-state index is -0.594. The maximum atomic E-state index is 13.9. The summed E-state index contributed by atoms with van der Waals surface area (Å²) < 4.78 is 13.9. The molecule has 1 aliphatic rings. The van der Waals surface area contributed by atoms with E-state index >= 15 is 0 Å². The van der Waals surface area contributed by atoms with Crippen molar-refractivity contribution in [2.75, 3.05) is 31.5 Å². The Hall–Kier alpha value is -2.73. The lowest BCUT2D eigenvalue weighted by atomic mass is 10.1. The largest absolute Gasteiger partial charge is 0.336 e. The van der Waals surface area contributed by atoms with Crippen LogP contribution in [0.5, 0.6) is 0 Å². The SMILES string of the molecule is Cc1cccc(C(=O)N2CCNCC2)c1NC(=O)c1ccccc1F. The van der Waals surface area contributed by atoms with Crippen LogP contribution >= 0.6 is 0 Å². The Morgan fingerprint density at radius 2 is 1.72 bits per heavy atom. The van der Waals surface area contributed by atoms with Crippen molar-refractivity contribution in [3.05, 3.63) is 65.0 Å². The number of nitrogens with zero attached hydrogens (tertiary/aromatic N) is 1. The second-order valence-electron chi connectivity index (χ2n) is 5.97. The summed E-state index contributed by atoms with van der Waals surface area (Å²) in [5.74, 6) is -1.29. The van der Waals surface area contributed by atoms with Crippen LogP contribution in [0.2, 0.25) is 0 Å². The maximum Gasteiger partial charge on any atom is 0.258 e. The number of hydrogen-bond acceptors (Lipinski definition) is 3. The van der Waals surface area contributed by atoms with Crippen LogP contribution in [0.3, 0.4) is 0 Å². The normalized spacial score (nSPS) is 14.2. The van der Waals surface area contributed by atoms with Crippen molar-refractivity contribution < 1.29 is 14.0 Å². The molecule has 0 aromatic heterocycles. The molecule has 25 heavy (non-hydrogen) atoms. The first kappa shape index (κ1) is 17.1. The fraction of sp³-hybridized carbons (Fsp3) is 0.263. The van der Waals surface area contributed by atoms with Crippen molar-refractivity contribution >= 4 is 17.5 Å². The van der Waals surface area contributed by atoms with Gasteiger partial charge < -0.3 is 15.5 Å². The smallest absolute Gasteiger partial charge is 0.258 e. The van der Waals surface area contributed by atoms with Crippen LogP contribution in [-0.4, -0.2) is 42.9 Å². The Labute approximate surface area is 145 Å². The molecule has 1 fully saturated rings. The van der Waals surface area contributed by atoms with Crippen molar-refractivity contribution in [2.24, 2.45) is 0 Å². The maximum absolute atomic E-state index is 13.9. The quantitative estimate of drug-likeness (QED) is 0.901. The summed E-state index contributed by atoms with van der Waals surface area (Å²) in [6.45, 7) is 4.54. The molecule has 1 aliphatic heterocycles. The first-order valence-electron chi connectivity index (χ1n) is 8.23. The van der Waals surface area contributed by atoms with E-state index in [1.807, 2.05) is 13.0 Å². The number of benzene rings is 2. The van der Waals surface area contributed by atoms with Gasteiger partial charge in [-0.05, 0) is 30.7 Å². The molecule has 1 saturated heterocycles. The van der Waals surface area contributed by atoms with Gasteiger partial charge in [0.2, 0.25) is 0 Å². The summed E-state index contributed by atoms with van der Waals surface area (Å²) in [6.07, 6.45) is 0. The van der Waals surface area contributed by atoms with Gasteiger partial charge in [0.15, 0.2) is 0 Å². The lowest BCUT2D eigenvalue weighted by molar-refractivity contribution is 0.0737. The van der Waals surface area contributed by atoms with Crippen molar-refractivity contribution in [3.8, 4) is 0 Å². The van der Waals surface area contributed by atoms with E-state index in [1.54, 1.807) is 23.1 Å². The van der Waals surface area contributed by atoms with Gasteiger partial charge in [-0.15, -0.1) is 0 Å². The number of hydrogen-bond donors (Lipinski definition) is 2. The van der Waals surface area contributed by atoms with E-state index in [9.17, 15) is 14.0 Å². The predicted octanol–water partition coefficient (Wildman–Crippen LogP) is 2.43. The molecule has 2 aromatic carbocycles. The monoisotopic (exact) mass is 341 g/mol. The van der Waals surface area contributed by atoms with Crippen molar-refractivity contribution in [2.45, 2.75) is 6.92 Å². The Bertz CT molecular complexity index is 801. The van der Waals surface area contributed by atoms with Gasteiger partial charge in [-0.25, -0.2) is 4.39 Å². The van der Waals surface area contributed by atoms with Gasteiger partial charge in [-0.1, -0.05) is 24.3 Å². The van der Waals surface area contributed by atoms with E-state index in [4.69, 9.17) is 0 Å². The molecule has 0 saturated carbocycles. The highest BCUT2D eigenvalue weighted by Crippen LogP contribution is 2.23. The zero-order valence-corrected chi connectivity index (χ0v) is 14.0. The van der Waals surface area contributed by atoms with E-state index in [-0.39, 0.29) is 11.5 Å². The van der Waals surface area contributed by atoms with Crippen LogP contribution in [0.4, 0.5) is 10.1 Å². The molecule has 2 amide bonds. The third kappa shape index (κ3) is 3.69. The fourth-order valence-electron chi connectivity index (χ4n) is 2.88. The number of piperazine rings is 1. The summed E-state index contributed by atoms with van der Waals surface area (Å²) in [5, 5.41) is 5.92. The molecule has 2 N–H and O–H groups in total. The van der Waals surface area contributed by atoms with Gasteiger partial charge in [0, 0.05) is 26.2 Å². The number of carbonyl (C=O) groups excluding carboxylic acids is 2. The molecule has 2 aromatic rings. The molecule has 130 valence electrons. The first-order valence-corrected chi connectivity index (χ1v) is 8.23. The van der Waals surface area contributed by atoms with Crippen LogP contribution in [0.1, 0.15) is 26.3 Å². The number of para-hydroxylation sites is 1. The van der Waals surface area contributed by atoms with E-state index in [2.05, 4.69) is 10.6 Å². The minimum absolute atomic E-state index is 0.0497. The molecule has 0 radical (unpaired) electrons. The van der Waals surface area contributed by atoms with Crippen LogP contribution < -0.4 is 10.6 Å². The summed E-state index contributed by atoms with van der Waals surface area (Å²) in [5.41, 5.74) is 1.56. The molecule has 6 heteroatoms. The third-order valence-corrected chi connectivity index (χ3v) is 4.26. The average molecular weight is 341 g/mol. The molecular weight excluding hydrogens is 321 g/mol. The number of aryl methyl sites for hydroxylation is 1. The van der Waals surface area contributed by atoms with Gasteiger partial charge in [0.05, 0.1) is 16.8 Å². The van der Waals surface area contributed by atoms with E-state index < -0.39 is 11.7 Å². The molecule has 0 spiro atoms. The summed E-state index contributed by atoms with van der Waals surface area (Å²) >= 11 is 0. The highest BCUT2D eigenvalue weighted by atomic mass is 19.1. The summed E-state index contributed by atoms with van der Waals surface area (Å²) in [7, 11) is 0. The van der Waals surface area contributed by atoms with Gasteiger partial charge in [0.1, 0.15) is 5.82 Å². The Balaban J connectivity index is 1.89. The molecular formula is C19H20FN3O2. The molecule has 0 atom stereocenters. The number of amides is 2. The predicted molar refractivity (Wildman–Crippen MR) is 94.3 cm³/mol. The fourth-order valence-corrected chi connectivity index (χ4v) is 2.88. The Morgan fingerprint density at radius 3 is 2.44 bits per heavy atom. The van der Waals surface area contributed by atoms with Crippen LogP contribution in [0.15, 0.2) is 42.5 Å². The summed E-state index contributed by atoms with van der Waals surface area (Å²) in [4.78, 5) is 27.0. The highest BCUT2D eigenvalue weighted by molar-refractivity contribution is 6.09. The molecule has 0 aliphatic carbocycles. The van der Waals surface area contributed by atoms with Crippen molar-refractivity contribution in [3.63, 3.8) is 0 Å². The molecule has 0 bridgehead atoms. The second kappa shape index (κ2) is 7.44. The van der Waals surface area contributed by atoms with Crippen LogP contribution in [-0.2, 0) is 0 Å². The average Bonchev–Trinajstić information content (AvgIpc) is 2.64. The minimum Gasteiger partial charge on any atom is -0.336 e. The Kier molecular flexibility index (Phi) is 5.09. The standard InChI is InChI=1S/C19H20FN3O2/c1-13-5-4-7-15(19(25)23-11-9-21-10-12-23)17(13)22-18(24)14-6-2-3-8-16(14)20/h2-8,21H,9-12H2,1H3,(H,22,24). The third-order valence-electron chi connectivity index (χ3n) is 4.26. The van der Waals surface area contributed by atoms with Gasteiger partial charge >= 0.3 is 0 Å². The van der Waals surface area contributed by atoms with E-state index in [0.29, 0.717) is 24.3 Å². The molecule has 0 unspecified atom stereocenters. The highest BCUT2D eigenvalue weighted by Gasteiger charge is 2.23. The number of rotatable bonds is 3. The number of nitrogens with one attached hydrogen (secondary N) is 2. The number of carbonyl (C=O) groups is 2. The van der Waals surface area contributed by atoms with Crippen LogP contribution in [0, 0.1) is 12.7 Å². The first-order chi connectivity index (χ1) is 12.1. The van der Waals surface area contributed by atoms with E-state index in [1.165, 1.54) is 18.2 Å². The Morgan fingerprint density at radius 1 is 1.04 bits per heavy atom. The van der Waals surface area contributed by atoms with Gasteiger partial charge in [-0.2, -0.15) is 0 Å². The lowest BCUT2D eigenvalue weighted by Crippen LogP contribution is -2.46. The van der Waals surface area contributed by atoms with Gasteiger partial charge in [0.25, 0.3) is 11.8 Å². The van der Waals surface area contributed by atoms with Crippen molar-refractivity contribution in [1.82, 2.24) is 10.2 Å². The molecule has 3 rings (SSSR count). The number of halogens is 1. The van der Waals surface area contributed by atoms with E-state index in [0.717, 1.165) is 18.7 Å². The molecule has 1 heterocycles. The zero-order chi connectivity index (χ0) is 17.8. The molecule has 5 nitrogen and oxygen atoms in total. The second-order valence-corrected chi connectivity index (χ2v) is 5.97. The lowest BCUT2D eigenvalue weighted by Gasteiger charge is -2.28. The van der Waals surface area contributed by atoms with Gasteiger partial charge in [-0.3, -0.25) is 9.59 Å².